The normalized spacial score (nSPS) is 10.2. The number of hydrazone groups is 1. The summed E-state index contributed by atoms with van der Waals surface area (Å²) in [5.41, 5.74) is 10.5. The van der Waals surface area contributed by atoms with Gasteiger partial charge in [0.05, 0.1) is 12.8 Å². The molecule has 5 nitrogen and oxygen atoms in total. The van der Waals surface area contributed by atoms with Gasteiger partial charge in [0.2, 0.25) is 0 Å². The monoisotopic (exact) mass is 296 g/mol. The quantitative estimate of drug-likeness (QED) is 0.352. The van der Waals surface area contributed by atoms with Gasteiger partial charge in [0.1, 0.15) is 5.75 Å². The van der Waals surface area contributed by atoms with Gasteiger partial charge in [-0.1, -0.05) is 24.3 Å². The molecule has 0 fully saturated rings. The number of thiocarbonyl (C=S) groups is 1. The van der Waals surface area contributed by atoms with Crippen LogP contribution in [0.15, 0.2) is 47.6 Å². The van der Waals surface area contributed by atoms with Crippen molar-refractivity contribution >= 4 is 29.2 Å². The van der Waals surface area contributed by atoms with Crippen LogP contribution in [0.1, 0.15) is 5.56 Å². The summed E-state index contributed by atoms with van der Waals surface area (Å²) >= 11 is 4.64. The number of benzene rings is 2. The van der Waals surface area contributed by atoms with Crippen LogP contribution in [0.5, 0.6) is 5.75 Å². The van der Waals surface area contributed by atoms with E-state index < -0.39 is 0 Å². The molecule has 0 aliphatic carbocycles. The van der Waals surface area contributed by atoms with E-state index in [9.17, 15) is 5.11 Å². The number of nitrogens with one attached hydrogen (secondary N) is 1. The van der Waals surface area contributed by atoms with Crippen LogP contribution < -0.4 is 11.2 Å². The van der Waals surface area contributed by atoms with Gasteiger partial charge in [-0.05, 0) is 41.5 Å². The lowest BCUT2D eigenvalue weighted by Crippen LogP contribution is -2.23. The molecule has 2 aromatic carbocycles. The molecule has 0 saturated heterocycles. The molecule has 0 aromatic heterocycles. The molecule has 0 aliphatic rings. The molecule has 0 amide bonds. The Morgan fingerprint density at radius 2 is 2.05 bits per heavy atom. The third-order valence-corrected chi connectivity index (χ3v) is 2.81. The number of phenolic OH excluding ortho intramolecular Hbond substituents is 1. The SMILES string of the molecule is [C-]#[N+]c1cccc(-c2ccc(O)c(C=NNC(N)=S)c2)c1. The van der Waals surface area contributed by atoms with Crippen LogP contribution in [0.25, 0.3) is 16.0 Å². The first-order valence-corrected chi connectivity index (χ1v) is 6.40. The van der Waals surface area contributed by atoms with Crippen molar-refractivity contribution in [3.05, 3.63) is 59.4 Å². The number of aromatic hydroxyl groups is 1. The first-order valence-electron chi connectivity index (χ1n) is 5.99. The van der Waals surface area contributed by atoms with E-state index in [2.05, 4.69) is 27.6 Å². The van der Waals surface area contributed by atoms with Crippen LogP contribution in [0, 0.1) is 6.57 Å². The molecule has 0 saturated carbocycles. The summed E-state index contributed by atoms with van der Waals surface area (Å²) in [5, 5.41) is 13.7. The lowest BCUT2D eigenvalue weighted by atomic mass is 10.0. The van der Waals surface area contributed by atoms with E-state index in [1.54, 1.807) is 30.3 Å². The van der Waals surface area contributed by atoms with Gasteiger partial charge in [0.25, 0.3) is 0 Å². The molecule has 0 spiro atoms. The Hall–Kier alpha value is -2.91. The van der Waals surface area contributed by atoms with Crippen LogP contribution in [0.2, 0.25) is 0 Å². The van der Waals surface area contributed by atoms with Gasteiger partial charge >= 0.3 is 0 Å². The maximum absolute atomic E-state index is 9.82. The van der Waals surface area contributed by atoms with E-state index in [0.29, 0.717) is 11.3 Å². The maximum atomic E-state index is 9.82. The molecule has 0 bridgehead atoms. The van der Waals surface area contributed by atoms with Crippen molar-refractivity contribution in [3.8, 4) is 16.9 Å². The summed E-state index contributed by atoms with van der Waals surface area (Å²) in [6, 6.07) is 12.4. The van der Waals surface area contributed by atoms with Crippen molar-refractivity contribution in [2.24, 2.45) is 10.8 Å². The Morgan fingerprint density at radius 3 is 2.76 bits per heavy atom. The molecule has 6 heteroatoms. The van der Waals surface area contributed by atoms with Crippen molar-refractivity contribution < 1.29 is 5.11 Å². The molecule has 0 unspecified atom stereocenters. The Kier molecular flexibility index (Phi) is 4.49. The highest BCUT2D eigenvalue weighted by molar-refractivity contribution is 7.80. The van der Waals surface area contributed by atoms with Crippen LogP contribution in [-0.2, 0) is 0 Å². The number of phenols is 1. The Balaban J connectivity index is 2.36. The predicted octanol–water partition coefficient (Wildman–Crippen LogP) is 2.78. The summed E-state index contributed by atoms with van der Waals surface area (Å²) in [6.45, 7) is 7.04. The fraction of sp³-hybridized carbons (Fsp3) is 0. The Morgan fingerprint density at radius 1 is 1.29 bits per heavy atom. The molecule has 21 heavy (non-hydrogen) atoms. The summed E-state index contributed by atoms with van der Waals surface area (Å²) in [6.07, 6.45) is 1.43. The van der Waals surface area contributed by atoms with Gasteiger partial charge in [-0.25, -0.2) is 4.85 Å². The Labute approximate surface area is 127 Å². The lowest BCUT2D eigenvalue weighted by molar-refractivity contribution is 0.474. The van der Waals surface area contributed by atoms with Crippen LogP contribution in [-0.4, -0.2) is 16.4 Å². The molecule has 2 aromatic rings. The molecule has 0 radical (unpaired) electrons. The fourth-order valence-electron chi connectivity index (χ4n) is 1.76. The molecule has 2 rings (SSSR count). The number of hydrogen-bond donors (Lipinski definition) is 3. The summed E-state index contributed by atoms with van der Waals surface area (Å²) in [7, 11) is 0. The van der Waals surface area contributed by atoms with Crippen LogP contribution >= 0.6 is 12.2 Å². The highest BCUT2D eigenvalue weighted by Crippen LogP contribution is 2.27. The largest absolute Gasteiger partial charge is 0.507 e. The molecule has 0 aliphatic heterocycles. The second-order valence-corrected chi connectivity index (χ2v) is 4.61. The standard InChI is InChI=1S/C15H12N4OS/c1-17-13-4-2-3-10(8-13)11-5-6-14(20)12(7-11)9-18-19-15(16)21/h2-9,20H,(H3,16,19,21). The van der Waals surface area contributed by atoms with Gasteiger partial charge in [0, 0.05) is 5.56 Å². The van der Waals surface area contributed by atoms with Crippen LogP contribution in [0.3, 0.4) is 0 Å². The van der Waals surface area contributed by atoms with Crippen molar-refractivity contribution in [1.29, 1.82) is 0 Å². The Bertz CT molecular complexity index is 750. The number of rotatable bonds is 3. The molecule has 0 atom stereocenters. The van der Waals surface area contributed by atoms with Gasteiger partial charge in [0.15, 0.2) is 10.8 Å². The van der Waals surface area contributed by atoms with Crippen molar-refractivity contribution in [3.63, 3.8) is 0 Å². The second kappa shape index (κ2) is 6.50. The average Bonchev–Trinajstić information content (AvgIpc) is 2.49. The van der Waals surface area contributed by atoms with Gasteiger partial charge in [-0.15, -0.1) is 0 Å². The van der Waals surface area contributed by atoms with Crippen molar-refractivity contribution in [1.82, 2.24) is 5.43 Å². The minimum Gasteiger partial charge on any atom is -0.507 e. The first kappa shape index (κ1) is 14.5. The lowest BCUT2D eigenvalue weighted by Gasteiger charge is -2.05. The molecular formula is C15H12N4OS. The van der Waals surface area contributed by atoms with Gasteiger partial charge in [-0.3, -0.25) is 5.43 Å². The summed E-state index contributed by atoms with van der Waals surface area (Å²) < 4.78 is 0. The van der Waals surface area contributed by atoms with Crippen molar-refractivity contribution in [2.45, 2.75) is 0 Å². The smallest absolute Gasteiger partial charge is 0.187 e. The highest BCUT2D eigenvalue weighted by Gasteiger charge is 2.04. The van der Waals surface area contributed by atoms with Gasteiger partial charge in [-0.2, -0.15) is 5.10 Å². The van der Waals surface area contributed by atoms with Gasteiger partial charge < -0.3 is 10.8 Å². The molecule has 0 heterocycles. The van der Waals surface area contributed by atoms with E-state index in [-0.39, 0.29) is 10.9 Å². The molecular weight excluding hydrogens is 284 g/mol. The maximum Gasteiger partial charge on any atom is 0.187 e. The molecule has 104 valence electrons. The van der Waals surface area contributed by atoms with Crippen molar-refractivity contribution in [2.75, 3.05) is 0 Å². The first-order chi connectivity index (χ1) is 10.1. The summed E-state index contributed by atoms with van der Waals surface area (Å²) in [4.78, 5) is 3.40. The van der Waals surface area contributed by atoms with E-state index in [0.717, 1.165) is 11.1 Å². The van der Waals surface area contributed by atoms with Crippen LogP contribution in [0.4, 0.5) is 5.69 Å². The third-order valence-electron chi connectivity index (χ3n) is 2.71. The average molecular weight is 296 g/mol. The number of nitrogens with two attached hydrogens (primary N) is 1. The predicted molar refractivity (Wildman–Crippen MR) is 87.3 cm³/mol. The van der Waals surface area contributed by atoms with E-state index >= 15 is 0 Å². The zero-order chi connectivity index (χ0) is 15.2. The highest BCUT2D eigenvalue weighted by atomic mass is 32.1. The molecule has 4 N–H and O–H groups in total. The van der Waals surface area contributed by atoms with E-state index in [1.807, 2.05) is 12.1 Å². The zero-order valence-corrected chi connectivity index (χ0v) is 11.8. The summed E-state index contributed by atoms with van der Waals surface area (Å²) in [5.74, 6) is 0.0913. The minimum absolute atomic E-state index is 0.0478. The third kappa shape index (κ3) is 3.78. The van der Waals surface area contributed by atoms with E-state index in [4.69, 9.17) is 12.3 Å². The topological polar surface area (TPSA) is 75.0 Å². The zero-order valence-electron chi connectivity index (χ0n) is 10.9. The van der Waals surface area contributed by atoms with E-state index in [1.165, 1.54) is 6.21 Å². The minimum atomic E-state index is 0.0478. The number of hydrogen-bond acceptors (Lipinski definition) is 3. The number of nitrogens with zero attached hydrogens (tertiary/aromatic N) is 2. The second-order valence-electron chi connectivity index (χ2n) is 4.17. The fourth-order valence-corrected chi connectivity index (χ4v) is 1.81.